The lowest BCUT2D eigenvalue weighted by Crippen LogP contribution is -2.37. The highest BCUT2D eigenvalue weighted by Crippen LogP contribution is 2.20. The quantitative estimate of drug-likeness (QED) is 0.806. The van der Waals surface area contributed by atoms with E-state index in [-0.39, 0.29) is 12.4 Å². The Morgan fingerprint density at radius 3 is 2.58 bits per heavy atom. The molecule has 0 atom stereocenters. The molecule has 24 heavy (non-hydrogen) atoms. The Bertz CT molecular complexity index is 661. The summed E-state index contributed by atoms with van der Waals surface area (Å²) in [4.78, 5) is 10.4. The summed E-state index contributed by atoms with van der Waals surface area (Å²) >= 11 is 0. The molecule has 1 aliphatic rings. The SMILES string of the molecule is Cc1cc(N2CCOCC2)nc(CNS(=O)(=O)CCC(F)(F)F)n1. The highest BCUT2D eigenvalue weighted by atomic mass is 32.2. The van der Waals surface area contributed by atoms with Crippen LogP contribution in [0.4, 0.5) is 19.0 Å². The van der Waals surface area contributed by atoms with Gasteiger partial charge < -0.3 is 9.64 Å². The molecule has 136 valence electrons. The standard InChI is InChI=1S/C13H19F3N4O3S/c1-10-8-12(20-3-5-23-6-4-20)19-11(18-10)9-17-24(21,22)7-2-13(14,15)16/h8,17H,2-7,9H2,1H3. The summed E-state index contributed by atoms with van der Waals surface area (Å²) in [5, 5.41) is 0. The molecule has 1 saturated heterocycles. The van der Waals surface area contributed by atoms with Gasteiger partial charge in [-0.05, 0) is 6.92 Å². The number of aromatic nitrogens is 2. The van der Waals surface area contributed by atoms with Gasteiger partial charge in [0.15, 0.2) is 0 Å². The average Bonchev–Trinajstić information content (AvgIpc) is 2.51. The van der Waals surface area contributed by atoms with Crippen LogP contribution >= 0.6 is 0 Å². The van der Waals surface area contributed by atoms with Crippen molar-refractivity contribution in [3.63, 3.8) is 0 Å². The largest absolute Gasteiger partial charge is 0.390 e. The molecule has 1 N–H and O–H groups in total. The molecule has 2 heterocycles. The number of hydrogen-bond acceptors (Lipinski definition) is 6. The van der Waals surface area contributed by atoms with Gasteiger partial charge in [-0.15, -0.1) is 0 Å². The molecular formula is C13H19F3N4O3S. The van der Waals surface area contributed by atoms with Gasteiger partial charge in [0.1, 0.15) is 11.6 Å². The van der Waals surface area contributed by atoms with Crippen molar-refractivity contribution >= 4 is 15.8 Å². The molecule has 0 aromatic carbocycles. The zero-order valence-electron chi connectivity index (χ0n) is 13.1. The molecule has 2 rings (SSSR count). The lowest BCUT2D eigenvalue weighted by molar-refractivity contribution is -0.129. The van der Waals surface area contributed by atoms with Crippen molar-refractivity contribution in [3.8, 4) is 0 Å². The predicted molar refractivity (Wildman–Crippen MR) is 81.1 cm³/mol. The number of nitrogens with one attached hydrogen (secondary N) is 1. The molecule has 0 bridgehead atoms. The number of sulfonamides is 1. The first-order valence-corrected chi connectivity index (χ1v) is 9.01. The molecule has 1 aliphatic heterocycles. The molecule has 7 nitrogen and oxygen atoms in total. The van der Waals surface area contributed by atoms with Crippen molar-refractivity contribution in [2.45, 2.75) is 26.1 Å². The van der Waals surface area contributed by atoms with E-state index in [0.29, 0.717) is 37.8 Å². The first-order valence-electron chi connectivity index (χ1n) is 7.36. The summed E-state index contributed by atoms with van der Waals surface area (Å²) in [6.07, 6.45) is -5.91. The molecule has 1 fully saturated rings. The summed E-state index contributed by atoms with van der Waals surface area (Å²) in [5.41, 5.74) is 0.649. The van der Waals surface area contributed by atoms with Crippen molar-refractivity contribution < 1.29 is 26.3 Å². The number of rotatable bonds is 6. The Hall–Kier alpha value is -1.46. The maximum Gasteiger partial charge on any atom is 0.390 e. The number of anilines is 1. The molecule has 0 unspecified atom stereocenters. The van der Waals surface area contributed by atoms with Gasteiger partial charge in [-0.25, -0.2) is 23.1 Å². The van der Waals surface area contributed by atoms with Crippen molar-refractivity contribution in [2.24, 2.45) is 0 Å². The number of alkyl halides is 3. The summed E-state index contributed by atoms with van der Waals surface area (Å²) in [5.74, 6) is -0.152. The number of halogens is 3. The van der Waals surface area contributed by atoms with Gasteiger partial charge in [0.25, 0.3) is 0 Å². The number of aryl methyl sites for hydroxylation is 1. The number of ether oxygens (including phenoxy) is 1. The lowest BCUT2D eigenvalue weighted by atomic mass is 10.3. The molecule has 0 saturated carbocycles. The maximum atomic E-state index is 12.1. The van der Waals surface area contributed by atoms with Crippen LogP contribution in [0.5, 0.6) is 0 Å². The predicted octanol–water partition coefficient (Wildman–Crippen LogP) is 0.993. The van der Waals surface area contributed by atoms with Gasteiger partial charge in [-0.1, -0.05) is 0 Å². The van der Waals surface area contributed by atoms with E-state index in [9.17, 15) is 21.6 Å². The highest BCUT2D eigenvalue weighted by Gasteiger charge is 2.29. The minimum absolute atomic E-state index is 0.215. The lowest BCUT2D eigenvalue weighted by Gasteiger charge is -2.28. The second-order valence-corrected chi connectivity index (χ2v) is 7.31. The average molecular weight is 368 g/mol. The van der Waals surface area contributed by atoms with Crippen LogP contribution < -0.4 is 9.62 Å². The van der Waals surface area contributed by atoms with Crippen molar-refractivity contribution in [2.75, 3.05) is 37.0 Å². The zero-order valence-corrected chi connectivity index (χ0v) is 14.0. The fourth-order valence-electron chi connectivity index (χ4n) is 2.14. The van der Waals surface area contributed by atoms with E-state index in [4.69, 9.17) is 4.74 Å². The van der Waals surface area contributed by atoms with Crippen LogP contribution in [-0.4, -0.2) is 56.6 Å². The van der Waals surface area contributed by atoms with E-state index in [0.717, 1.165) is 0 Å². The second-order valence-electron chi connectivity index (χ2n) is 5.39. The fraction of sp³-hybridized carbons (Fsp3) is 0.692. The fourth-order valence-corrected chi connectivity index (χ4v) is 3.14. The van der Waals surface area contributed by atoms with E-state index in [2.05, 4.69) is 14.7 Å². The monoisotopic (exact) mass is 368 g/mol. The van der Waals surface area contributed by atoms with Crippen molar-refractivity contribution in [3.05, 3.63) is 17.6 Å². The van der Waals surface area contributed by atoms with Gasteiger partial charge in [0, 0.05) is 24.8 Å². The normalized spacial score (nSPS) is 16.4. The van der Waals surface area contributed by atoms with Crippen molar-refractivity contribution in [1.29, 1.82) is 0 Å². The Kier molecular flexibility index (Phi) is 5.99. The topological polar surface area (TPSA) is 84.4 Å². The van der Waals surface area contributed by atoms with Crippen LogP contribution in [0.15, 0.2) is 6.07 Å². The Balaban J connectivity index is 2.00. The number of morpholine rings is 1. The molecule has 0 amide bonds. The van der Waals surface area contributed by atoms with Crippen molar-refractivity contribution in [1.82, 2.24) is 14.7 Å². The van der Waals surface area contributed by atoms with E-state index in [1.807, 2.05) is 4.90 Å². The van der Waals surface area contributed by atoms with Crippen LogP contribution in [0.3, 0.4) is 0 Å². The van der Waals surface area contributed by atoms with Gasteiger partial charge >= 0.3 is 6.18 Å². The van der Waals surface area contributed by atoms with Gasteiger partial charge in [-0.3, -0.25) is 0 Å². The minimum Gasteiger partial charge on any atom is -0.378 e. The molecule has 1 aromatic rings. The first-order chi connectivity index (χ1) is 11.1. The zero-order chi connectivity index (χ0) is 17.8. The van der Waals surface area contributed by atoms with E-state index in [1.54, 1.807) is 13.0 Å². The Morgan fingerprint density at radius 2 is 1.96 bits per heavy atom. The molecule has 1 aromatic heterocycles. The Morgan fingerprint density at radius 1 is 1.29 bits per heavy atom. The van der Waals surface area contributed by atoms with E-state index >= 15 is 0 Å². The van der Waals surface area contributed by atoms with E-state index in [1.165, 1.54) is 0 Å². The van der Waals surface area contributed by atoms with Crippen LogP contribution in [0, 0.1) is 6.92 Å². The first kappa shape index (κ1) is 18.9. The van der Waals surface area contributed by atoms with Crippen LogP contribution in [0.2, 0.25) is 0 Å². The summed E-state index contributed by atoms with van der Waals surface area (Å²) in [6.45, 7) is 3.96. The molecule has 0 aliphatic carbocycles. The maximum absolute atomic E-state index is 12.1. The van der Waals surface area contributed by atoms with Crippen LogP contribution in [-0.2, 0) is 21.3 Å². The summed E-state index contributed by atoms with van der Waals surface area (Å²) in [6, 6.07) is 1.77. The molecular weight excluding hydrogens is 349 g/mol. The summed E-state index contributed by atoms with van der Waals surface area (Å²) in [7, 11) is -4.05. The van der Waals surface area contributed by atoms with Gasteiger partial charge in [-0.2, -0.15) is 13.2 Å². The number of hydrogen-bond donors (Lipinski definition) is 1. The highest BCUT2D eigenvalue weighted by molar-refractivity contribution is 7.89. The van der Waals surface area contributed by atoms with Crippen LogP contribution in [0.25, 0.3) is 0 Å². The third-order valence-electron chi connectivity index (χ3n) is 3.33. The van der Waals surface area contributed by atoms with Gasteiger partial charge in [0.05, 0.1) is 31.9 Å². The summed E-state index contributed by atoms with van der Waals surface area (Å²) < 4.78 is 67.0. The molecule has 0 spiro atoms. The Labute approximate surface area is 138 Å². The van der Waals surface area contributed by atoms with Gasteiger partial charge in [0.2, 0.25) is 10.0 Å². The third kappa shape index (κ3) is 6.21. The number of nitrogens with zero attached hydrogens (tertiary/aromatic N) is 3. The molecule has 11 heteroatoms. The minimum atomic E-state index is -4.52. The van der Waals surface area contributed by atoms with Crippen LogP contribution in [0.1, 0.15) is 17.9 Å². The van der Waals surface area contributed by atoms with E-state index < -0.39 is 28.4 Å². The second kappa shape index (κ2) is 7.62. The third-order valence-corrected chi connectivity index (χ3v) is 4.65. The molecule has 0 radical (unpaired) electrons. The smallest absolute Gasteiger partial charge is 0.378 e.